The molecule has 48 valence electrons. The van der Waals surface area contributed by atoms with Gasteiger partial charge >= 0.3 is 0 Å². The Balaban J connectivity index is 2.91. The van der Waals surface area contributed by atoms with Gasteiger partial charge in [-0.3, -0.25) is 4.79 Å². The number of rotatable bonds is 1. The lowest BCUT2D eigenvalue weighted by atomic mass is 10.4. The van der Waals surface area contributed by atoms with Crippen LogP contribution in [0, 0.1) is 0 Å². The second kappa shape index (κ2) is 2.68. The first kappa shape index (κ1) is 6.35. The van der Waals surface area contributed by atoms with Crippen LogP contribution in [0.5, 0.6) is 0 Å². The van der Waals surface area contributed by atoms with Crippen LogP contribution in [-0.2, 0) is 15.7 Å². The highest BCUT2D eigenvalue weighted by molar-refractivity contribution is 7.85. The molecule has 0 radical (unpaired) electrons. The van der Waals surface area contributed by atoms with Crippen LogP contribution in [0.15, 0.2) is 21.0 Å². The Morgan fingerprint density at radius 1 is 1.78 bits per heavy atom. The van der Waals surface area contributed by atoms with Gasteiger partial charge in [0.15, 0.2) is 6.29 Å². The first-order valence-corrected chi connectivity index (χ1v) is 3.95. The van der Waals surface area contributed by atoms with Crippen LogP contribution in [0.3, 0.4) is 0 Å². The summed E-state index contributed by atoms with van der Waals surface area (Å²) in [5.74, 6) is 0. The van der Waals surface area contributed by atoms with Crippen molar-refractivity contribution in [1.82, 2.24) is 0 Å². The van der Waals surface area contributed by atoms with Gasteiger partial charge in [0.05, 0.1) is 0 Å². The molecule has 1 atom stereocenters. The molecule has 1 rings (SSSR count). The van der Waals surface area contributed by atoms with Crippen molar-refractivity contribution in [2.75, 3.05) is 6.26 Å². The van der Waals surface area contributed by atoms with E-state index in [4.69, 9.17) is 0 Å². The highest BCUT2D eigenvalue weighted by Crippen LogP contribution is 1.95. The second-order valence-electron chi connectivity index (χ2n) is 1.50. The SMILES string of the molecule is CS1=NC=CC(C=O)=N1. The van der Waals surface area contributed by atoms with Crippen LogP contribution in [0.1, 0.15) is 0 Å². The van der Waals surface area contributed by atoms with Crippen molar-refractivity contribution in [2.24, 2.45) is 8.76 Å². The zero-order valence-electron chi connectivity index (χ0n) is 4.94. The molecule has 1 unspecified atom stereocenters. The van der Waals surface area contributed by atoms with Crippen LogP contribution >= 0.6 is 0 Å². The monoisotopic (exact) mass is 142 g/mol. The summed E-state index contributed by atoms with van der Waals surface area (Å²) < 4.78 is 7.85. The maximum atomic E-state index is 10.1. The van der Waals surface area contributed by atoms with E-state index in [1.54, 1.807) is 12.3 Å². The van der Waals surface area contributed by atoms with Gasteiger partial charge in [-0.15, -0.1) is 0 Å². The number of aldehydes is 1. The van der Waals surface area contributed by atoms with Gasteiger partial charge in [0.2, 0.25) is 0 Å². The van der Waals surface area contributed by atoms with Gasteiger partial charge in [-0.1, -0.05) is 0 Å². The lowest BCUT2D eigenvalue weighted by Crippen LogP contribution is -1.99. The average Bonchev–Trinajstić information content (AvgIpc) is 1.88. The smallest absolute Gasteiger partial charge is 0.169 e. The zero-order valence-corrected chi connectivity index (χ0v) is 5.76. The lowest BCUT2D eigenvalue weighted by molar-refractivity contribution is -0.102. The molecule has 0 aliphatic carbocycles. The number of allylic oxidation sites excluding steroid dienone is 1. The predicted molar refractivity (Wildman–Crippen MR) is 38.4 cm³/mol. The van der Waals surface area contributed by atoms with E-state index in [9.17, 15) is 4.79 Å². The molecular weight excluding hydrogens is 136 g/mol. The standard InChI is InChI=1S/C5H6N2OS/c1-9-6-3-2-5(4-8)7-9/h2-4H,1H3. The van der Waals surface area contributed by atoms with Crippen LogP contribution in [0.2, 0.25) is 0 Å². The van der Waals surface area contributed by atoms with Gasteiger partial charge < -0.3 is 0 Å². The summed E-state index contributed by atoms with van der Waals surface area (Å²) >= 11 is 0. The van der Waals surface area contributed by atoms with E-state index in [2.05, 4.69) is 8.76 Å². The van der Waals surface area contributed by atoms with E-state index in [1.807, 2.05) is 6.26 Å². The topological polar surface area (TPSA) is 41.8 Å². The Labute approximate surface area is 55.7 Å². The van der Waals surface area contributed by atoms with Crippen molar-refractivity contribution >= 4 is 22.9 Å². The van der Waals surface area contributed by atoms with Crippen LogP contribution < -0.4 is 0 Å². The Morgan fingerprint density at radius 3 is 3.00 bits per heavy atom. The van der Waals surface area contributed by atoms with Crippen molar-refractivity contribution in [2.45, 2.75) is 0 Å². The summed E-state index contributed by atoms with van der Waals surface area (Å²) in [6.45, 7) is 0. The summed E-state index contributed by atoms with van der Waals surface area (Å²) in [5.41, 5.74) is 0.482. The second-order valence-corrected chi connectivity index (χ2v) is 2.79. The Kier molecular flexibility index (Phi) is 1.89. The largest absolute Gasteiger partial charge is 0.296 e. The molecule has 1 aliphatic rings. The Bertz CT molecular complexity index is 217. The molecule has 0 spiro atoms. The van der Waals surface area contributed by atoms with Crippen molar-refractivity contribution in [3.63, 3.8) is 0 Å². The van der Waals surface area contributed by atoms with E-state index in [0.717, 1.165) is 6.29 Å². The molecule has 0 aromatic rings. The molecule has 0 aromatic heterocycles. The maximum absolute atomic E-state index is 10.1. The van der Waals surface area contributed by atoms with E-state index in [1.165, 1.54) is 0 Å². The summed E-state index contributed by atoms with van der Waals surface area (Å²) in [7, 11) is -0.325. The van der Waals surface area contributed by atoms with Gasteiger partial charge in [-0.2, -0.15) is 0 Å². The lowest BCUT2D eigenvalue weighted by Gasteiger charge is -1.95. The molecular formula is C5H6N2OS. The molecule has 3 nitrogen and oxygen atoms in total. The van der Waals surface area contributed by atoms with Gasteiger partial charge in [0.25, 0.3) is 0 Å². The molecule has 1 aliphatic heterocycles. The summed E-state index contributed by atoms with van der Waals surface area (Å²) in [6.07, 6.45) is 5.79. The molecule has 9 heavy (non-hydrogen) atoms. The molecule has 0 saturated carbocycles. The molecule has 0 bridgehead atoms. The van der Waals surface area contributed by atoms with E-state index in [-0.39, 0.29) is 10.9 Å². The highest BCUT2D eigenvalue weighted by Gasteiger charge is 1.94. The normalized spacial score (nSPS) is 24.6. The minimum atomic E-state index is -0.325. The van der Waals surface area contributed by atoms with Crippen LogP contribution in [-0.4, -0.2) is 18.3 Å². The molecule has 1 heterocycles. The zero-order chi connectivity index (χ0) is 6.69. The number of carbonyl (C=O) groups is 1. The summed E-state index contributed by atoms with van der Waals surface area (Å²) in [4.78, 5) is 10.1. The Hall–Kier alpha value is -0.770. The van der Waals surface area contributed by atoms with Crippen molar-refractivity contribution in [3.05, 3.63) is 12.3 Å². The number of hydrogen-bond donors (Lipinski definition) is 0. The first-order chi connectivity index (χ1) is 4.33. The third kappa shape index (κ3) is 1.57. The van der Waals surface area contributed by atoms with Crippen molar-refractivity contribution < 1.29 is 4.79 Å². The van der Waals surface area contributed by atoms with Crippen molar-refractivity contribution in [3.8, 4) is 0 Å². The predicted octanol–water partition coefficient (Wildman–Crippen LogP) is 0.500. The molecule has 4 heteroatoms. The third-order valence-electron chi connectivity index (χ3n) is 0.817. The molecule has 0 saturated heterocycles. The quantitative estimate of drug-likeness (QED) is 0.491. The van der Waals surface area contributed by atoms with Gasteiger partial charge in [-0.05, 0) is 6.08 Å². The minimum Gasteiger partial charge on any atom is -0.296 e. The minimum absolute atomic E-state index is 0.325. The number of nitrogens with zero attached hydrogens (tertiary/aromatic N) is 2. The first-order valence-electron chi connectivity index (χ1n) is 2.40. The molecule has 0 fully saturated rings. The van der Waals surface area contributed by atoms with Crippen LogP contribution in [0.25, 0.3) is 0 Å². The van der Waals surface area contributed by atoms with E-state index < -0.39 is 0 Å². The van der Waals surface area contributed by atoms with E-state index >= 15 is 0 Å². The average molecular weight is 142 g/mol. The van der Waals surface area contributed by atoms with Crippen LogP contribution in [0.4, 0.5) is 0 Å². The van der Waals surface area contributed by atoms with Crippen molar-refractivity contribution in [1.29, 1.82) is 0 Å². The number of carbonyl (C=O) groups excluding carboxylic acids is 1. The molecule has 0 amide bonds. The maximum Gasteiger partial charge on any atom is 0.169 e. The fraction of sp³-hybridized carbons (Fsp3) is 0.200. The highest BCUT2D eigenvalue weighted by atomic mass is 32.2. The van der Waals surface area contributed by atoms with E-state index in [0.29, 0.717) is 5.71 Å². The third-order valence-corrected chi connectivity index (χ3v) is 1.72. The van der Waals surface area contributed by atoms with Gasteiger partial charge in [0, 0.05) is 23.3 Å². The Morgan fingerprint density at radius 2 is 2.56 bits per heavy atom. The summed E-state index contributed by atoms with van der Waals surface area (Å²) in [5, 5.41) is 0. The molecule has 0 N–H and O–H groups in total. The summed E-state index contributed by atoms with van der Waals surface area (Å²) in [6, 6.07) is 0. The fourth-order valence-electron chi connectivity index (χ4n) is 0.462. The molecule has 0 aromatic carbocycles. The number of hydrogen-bond acceptors (Lipinski definition) is 3. The van der Waals surface area contributed by atoms with Gasteiger partial charge in [0.1, 0.15) is 5.71 Å². The fourth-order valence-corrected chi connectivity index (χ4v) is 1.16. The van der Waals surface area contributed by atoms with Gasteiger partial charge in [-0.25, -0.2) is 8.76 Å².